The molecule has 0 fully saturated rings. The number of ether oxygens (including phenoxy) is 3. The molecular formula is C17H18BrFN2O4. The van der Waals surface area contributed by atoms with Crippen LogP contribution in [0.2, 0.25) is 0 Å². The van der Waals surface area contributed by atoms with Crippen molar-refractivity contribution in [2.45, 2.75) is 13.0 Å². The van der Waals surface area contributed by atoms with Gasteiger partial charge in [-0.05, 0) is 53.2 Å². The Labute approximate surface area is 153 Å². The standard InChI is InChI=1S/C17H18BrFN2O4/c1-11(25-15-6-5-12(19)10-13(15)18)16(22)21-14-4-3-7-20-17(14)24-9-8-23-2/h3-7,10-11H,8-9H2,1-2H3,(H,21,22). The lowest BCUT2D eigenvalue weighted by Gasteiger charge is -2.17. The van der Waals surface area contributed by atoms with E-state index in [9.17, 15) is 9.18 Å². The lowest BCUT2D eigenvalue weighted by molar-refractivity contribution is -0.122. The largest absolute Gasteiger partial charge is 0.480 e. The van der Waals surface area contributed by atoms with Crippen LogP contribution in [0.5, 0.6) is 11.6 Å². The average molecular weight is 413 g/mol. The van der Waals surface area contributed by atoms with Crippen LogP contribution in [-0.4, -0.2) is 37.3 Å². The summed E-state index contributed by atoms with van der Waals surface area (Å²) in [6, 6.07) is 7.33. The molecule has 1 N–H and O–H groups in total. The van der Waals surface area contributed by atoms with Gasteiger partial charge in [-0.2, -0.15) is 0 Å². The van der Waals surface area contributed by atoms with Crippen LogP contribution in [0.25, 0.3) is 0 Å². The summed E-state index contributed by atoms with van der Waals surface area (Å²) in [5.41, 5.74) is 0.428. The molecule has 0 saturated heterocycles. The van der Waals surface area contributed by atoms with Gasteiger partial charge in [-0.1, -0.05) is 0 Å². The van der Waals surface area contributed by atoms with Crippen molar-refractivity contribution in [1.29, 1.82) is 0 Å². The highest BCUT2D eigenvalue weighted by Crippen LogP contribution is 2.27. The van der Waals surface area contributed by atoms with Crippen LogP contribution in [-0.2, 0) is 9.53 Å². The Morgan fingerprint density at radius 2 is 2.16 bits per heavy atom. The fraction of sp³-hybridized carbons (Fsp3) is 0.294. The van der Waals surface area contributed by atoms with Crippen molar-refractivity contribution < 1.29 is 23.4 Å². The second-order valence-electron chi connectivity index (χ2n) is 5.02. The van der Waals surface area contributed by atoms with Crippen molar-refractivity contribution in [3.05, 3.63) is 46.8 Å². The second kappa shape index (κ2) is 9.33. The maximum Gasteiger partial charge on any atom is 0.265 e. The Morgan fingerprint density at radius 1 is 1.36 bits per heavy atom. The molecule has 0 aliphatic carbocycles. The highest BCUT2D eigenvalue weighted by atomic mass is 79.9. The number of carbonyl (C=O) groups is 1. The van der Waals surface area contributed by atoms with Gasteiger partial charge in [-0.25, -0.2) is 9.37 Å². The molecule has 1 aromatic heterocycles. The summed E-state index contributed by atoms with van der Waals surface area (Å²) in [4.78, 5) is 16.4. The minimum absolute atomic E-state index is 0.295. The zero-order chi connectivity index (χ0) is 18.2. The zero-order valence-electron chi connectivity index (χ0n) is 13.8. The van der Waals surface area contributed by atoms with Crippen molar-refractivity contribution in [1.82, 2.24) is 4.98 Å². The van der Waals surface area contributed by atoms with Crippen molar-refractivity contribution in [3.8, 4) is 11.6 Å². The molecule has 0 radical (unpaired) electrons. The molecule has 0 aliphatic rings. The van der Waals surface area contributed by atoms with Crippen LogP contribution in [0.1, 0.15) is 6.92 Å². The van der Waals surface area contributed by atoms with E-state index in [0.717, 1.165) is 0 Å². The maximum atomic E-state index is 13.1. The molecule has 6 nitrogen and oxygen atoms in total. The van der Waals surface area contributed by atoms with Gasteiger partial charge in [0.1, 0.15) is 23.9 Å². The van der Waals surface area contributed by atoms with E-state index in [-0.39, 0.29) is 5.91 Å². The van der Waals surface area contributed by atoms with Gasteiger partial charge in [0.15, 0.2) is 6.10 Å². The monoisotopic (exact) mass is 412 g/mol. The van der Waals surface area contributed by atoms with Gasteiger partial charge >= 0.3 is 0 Å². The first kappa shape index (κ1) is 19.1. The molecule has 0 aliphatic heterocycles. The Balaban J connectivity index is 2.01. The fourth-order valence-corrected chi connectivity index (χ4v) is 2.32. The van der Waals surface area contributed by atoms with Crippen LogP contribution in [0.3, 0.4) is 0 Å². The molecular weight excluding hydrogens is 395 g/mol. The second-order valence-corrected chi connectivity index (χ2v) is 5.88. The van der Waals surface area contributed by atoms with Gasteiger partial charge in [-0.15, -0.1) is 0 Å². The van der Waals surface area contributed by atoms with Crippen LogP contribution in [0.15, 0.2) is 41.0 Å². The highest BCUT2D eigenvalue weighted by molar-refractivity contribution is 9.10. The quantitative estimate of drug-likeness (QED) is 0.672. The number of anilines is 1. The molecule has 8 heteroatoms. The summed E-state index contributed by atoms with van der Waals surface area (Å²) in [7, 11) is 1.57. The summed E-state index contributed by atoms with van der Waals surface area (Å²) in [5, 5.41) is 2.71. The van der Waals surface area contributed by atoms with E-state index in [1.165, 1.54) is 18.2 Å². The summed E-state index contributed by atoms with van der Waals surface area (Å²) >= 11 is 3.20. The van der Waals surface area contributed by atoms with Gasteiger partial charge in [0.05, 0.1) is 11.1 Å². The van der Waals surface area contributed by atoms with Gasteiger partial charge < -0.3 is 19.5 Å². The summed E-state index contributed by atoms with van der Waals surface area (Å²) in [5.74, 6) is -0.125. The van der Waals surface area contributed by atoms with E-state index in [2.05, 4.69) is 26.2 Å². The van der Waals surface area contributed by atoms with Crippen LogP contribution in [0.4, 0.5) is 10.1 Å². The molecule has 2 rings (SSSR count). The third-order valence-corrected chi connectivity index (χ3v) is 3.74. The molecule has 0 spiro atoms. The minimum atomic E-state index is -0.811. The number of benzene rings is 1. The number of hydrogen-bond acceptors (Lipinski definition) is 5. The lowest BCUT2D eigenvalue weighted by Crippen LogP contribution is -2.30. The molecule has 1 amide bonds. The predicted molar refractivity (Wildman–Crippen MR) is 94.4 cm³/mol. The van der Waals surface area contributed by atoms with E-state index in [1.807, 2.05) is 0 Å². The number of halogens is 2. The van der Waals surface area contributed by atoms with Gasteiger partial charge in [-0.3, -0.25) is 4.79 Å². The summed E-state index contributed by atoms with van der Waals surface area (Å²) in [6.07, 6.45) is 0.752. The molecule has 1 atom stereocenters. The molecule has 1 unspecified atom stereocenters. The van der Waals surface area contributed by atoms with E-state index in [4.69, 9.17) is 14.2 Å². The number of hydrogen-bond donors (Lipinski definition) is 1. The average Bonchev–Trinajstić information content (AvgIpc) is 2.59. The molecule has 0 bridgehead atoms. The zero-order valence-corrected chi connectivity index (χ0v) is 15.4. The van der Waals surface area contributed by atoms with E-state index >= 15 is 0 Å². The Bertz CT molecular complexity index is 730. The SMILES string of the molecule is COCCOc1ncccc1NC(=O)C(C)Oc1ccc(F)cc1Br. The Morgan fingerprint density at radius 3 is 2.88 bits per heavy atom. The molecule has 25 heavy (non-hydrogen) atoms. The minimum Gasteiger partial charge on any atom is -0.480 e. The van der Waals surface area contributed by atoms with Crippen molar-refractivity contribution in [2.75, 3.05) is 25.6 Å². The van der Waals surface area contributed by atoms with Crippen molar-refractivity contribution in [3.63, 3.8) is 0 Å². The lowest BCUT2D eigenvalue weighted by atomic mass is 10.3. The van der Waals surface area contributed by atoms with Crippen LogP contribution in [0, 0.1) is 5.82 Å². The first-order valence-electron chi connectivity index (χ1n) is 7.50. The van der Waals surface area contributed by atoms with Gasteiger partial charge in [0.25, 0.3) is 5.91 Å². The Kier molecular flexibility index (Phi) is 7.15. The number of rotatable bonds is 8. The molecule has 1 aromatic carbocycles. The van der Waals surface area contributed by atoms with Gasteiger partial charge in [0.2, 0.25) is 5.88 Å². The smallest absolute Gasteiger partial charge is 0.265 e. The molecule has 1 heterocycles. The number of carbonyl (C=O) groups excluding carboxylic acids is 1. The van der Waals surface area contributed by atoms with Crippen LogP contribution >= 0.6 is 15.9 Å². The van der Waals surface area contributed by atoms with Crippen molar-refractivity contribution >= 4 is 27.5 Å². The third kappa shape index (κ3) is 5.68. The first-order valence-corrected chi connectivity index (χ1v) is 8.30. The topological polar surface area (TPSA) is 69.7 Å². The number of methoxy groups -OCH3 is 1. The fourth-order valence-electron chi connectivity index (χ4n) is 1.87. The van der Waals surface area contributed by atoms with Crippen LogP contribution < -0.4 is 14.8 Å². The third-order valence-electron chi connectivity index (χ3n) is 3.12. The number of amides is 1. The number of nitrogens with one attached hydrogen (secondary N) is 1. The van der Waals surface area contributed by atoms with E-state index in [0.29, 0.717) is 35.0 Å². The molecule has 0 saturated carbocycles. The highest BCUT2D eigenvalue weighted by Gasteiger charge is 2.18. The van der Waals surface area contributed by atoms with E-state index < -0.39 is 11.9 Å². The first-order chi connectivity index (χ1) is 12.0. The predicted octanol–water partition coefficient (Wildman–Crippen LogP) is 3.41. The normalized spacial score (nSPS) is 11.7. The molecule has 2 aromatic rings. The van der Waals surface area contributed by atoms with Crippen molar-refractivity contribution in [2.24, 2.45) is 0 Å². The number of nitrogens with zero attached hydrogens (tertiary/aromatic N) is 1. The molecule has 134 valence electrons. The number of aromatic nitrogens is 1. The summed E-state index contributed by atoms with van der Waals surface area (Å²) in [6.45, 7) is 2.31. The Hall–Kier alpha value is -2.19. The summed E-state index contributed by atoms with van der Waals surface area (Å²) < 4.78 is 29.5. The van der Waals surface area contributed by atoms with E-state index in [1.54, 1.807) is 32.4 Å². The maximum absolute atomic E-state index is 13.1. The van der Waals surface area contributed by atoms with Gasteiger partial charge in [0, 0.05) is 13.3 Å². The number of pyridine rings is 1.